The summed E-state index contributed by atoms with van der Waals surface area (Å²) in [6.07, 6.45) is 0. The molecular formula is C20H18N8O5S3. The Kier molecular flexibility index (Phi) is 7.46. The molecule has 1 N–H and O–H groups in total. The topological polar surface area (TPSA) is 168 Å². The molecule has 0 saturated heterocycles. The monoisotopic (exact) mass is 546 g/mol. The Hall–Kier alpha value is -3.63. The van der Waals surface area contributed by atoms with Gasteiger partial charge in [-0.3, -0.25) is 34.2 Å². The summed E-state index contributed by atoms with van der Waals surface area (Å²) >= 11 is 3.77. The van der Waals surface area contributed by atoms with Gasteiger partial charge in [0.05, 0.1) is 10.7 Å². The van der Waals surface area contributed by atoms with E-state index in [0.29, 0.717) is 10.7 Å². The van der Waals surface area contributed by atoms with Crippen LogP contribution in [-0.2, 0) is 18.9 Å². The van der Waals surface area contributed by atoms with Crippen LogP contribution in [0.5, 0.6) is 0 Å². The first kappa shape index (κ1) is 25.5. The van der Waals surface area contributed by atoms with Crippen molar-refractivity contribution < 1.29 is 9.72 Å². The number of anilines is 1. The fourth-order valence-electron chi connectivity index (χ4n) is 3.13. The molecule has 1 aromatic carbocycles. The maximum absolute atomic E-state index is 13.0. The maximum Gasteiger partial charge on any atom is 0.332 e. The summed E-state index contributed by atoms with van der Waals surface area (Å²) in [5, 5.41) is 22.2. The highest BCUT2D eigenvalue weighted by Gasteiger charge is 2.20. The minimum Gasteiger partial charge on any atom is -0.300 e. The van der Waals surface area contributed by atoms with E-state index < -0.39 is 16.2 Å². The van der Waals surface area contributed by atoms with Crippen molar-refractivity contribution in [2.24, 2.45) is 14.1 Å². The van der Waals surface area contributed by atoms with Crippen molar-refractivity contribution in [1.82, 2.24) is 29.3 Å². The van der Waals surface area contributed by atoms with Gasteiger partial charge in [-0.2, -0.15) is 0 Å². The van der Waals surface area contributed by atoms with Crippen LogP contribution in [0.3, 0.4) is 0 Å². The second-order valence-corrected chi connectivity index (χ2v) is 10.7. The molecular weight excluding hydrogens is 528 g/mol. The quantitative estimate of drug-likeness (QED) is 0.113. The Balaban J connectivity index is 1.71. The predicted molar refractivity (Wildman–Crippen MR) is 138 cm³/mol. The third-order valence-corrected chi connectivity index (χ3v) is 7.69. The van der Waals surface area contributed by atoms with Gasteiger partial charge in [0.25, 0.3) is 11.2 Å². The van der Waals surface area contributed by atoms with Crippen molar-refractivity contribution in [3.05, 3.63) is 55.2 Å². The third-order valence-electron chi connectivity index (χ3n) is 4.86. The fourth-order valence-corrected chi connectivity index (χ4v) is 5.61. The third kappa shape index (κ3) is 5.14. The summed E-state index contributed by atoms with van der Waals surface area (Å²) in [4.78, 5) is 57.4. The lowest BCUT2D eigenvalue weighted by atomic mass is 10.2. The highest BCUT2D eigenvalue weighted by Crippen LogP contribution is 2.28. The van der Waals surface area contributed by atoms with Crippen LogP contribution in [0.25, 0.3) is 22.4 Å². The van der Waals surface area contributed by atoms with Gasteiger partial charge in [0.2, 0.25) is 11.0 Å². The van der Waals surface area contributed by atoms with Gasteiger partial charge in [-0.1, -0.05) is 41.8 Å². The summed E-state index contributed by atoms with van der Waals surface area (Å²) in [7, 11) is 2.82. The number of aryl methyl sites for hydroxylation is 1. The molecule has 186 valence electrons. The maximum atomic E-state index is 13.0. The van der Waals surface area contributed by atoms with Gasteiger partial charge in [-0.15, -0.1) is 10.2 Å². The molecule has 4 rings (SSSR count). The van der Waals surface area contributed by atoms with Crippen LogP contribution >= 0.6 is 34.9 Å². The molecule has 36 heavy (non-hydrogen) atoms. The van der Waals surface area contributed by atoms with E-state index in [1.165, 1.54) is 66.0 Å². The van der Waals surface area contributed by atoms with Crippen molar-refractivity contribution in [3.63, 3.8) is 0 Å². The zero-order valence-electron chi connectivity index (χ0n) is 19.1. The minimum atomic E-state index is -0.600. The van der Waals surface area contributed by atoms with Crippen LogP contribution in [0, 0.1) is 10.1 Å². The molecule has 0 aliphatic carbocycles. The Morgan fingerprint density at radius 3 is 2.50 bits per heavy atom. The Bertz CT molecular complexity index is 1600. The van der Waals surface area contributed by atoms with Crippen LogP contribution in [0.2, 0.25) is 0 Å². The number of hydrogen-bond acceptors (Lipinski definition) is 12. The lowest BCUT2D eigenvalue weighted by Gasteiger charge is -2.12. The molecule has 0 fully saturated rings. The van der Waals surface area contributed by atoms with Crippen LogP contribution in [0.15, 0.2) is 43.2 Å². The lowest BCUT2D eigenvalue weighted by molar-refractivity contribution is -0.384. The second kappa shape index (κ2) is 10.5. The zero-order valence-corrected chi connectivity index (χ0v) is 21.6. The van der Waals surface area contributed by atoms with Gasteiger partial charge in [-0.05, 0) is 17.9 Å². The van der Waals surface area contributed by atoms with Crippen molar-refractivity contribution in [1.29, 1.82) is 0 Å². The number of hydrogen-bond donors (Lipinski definition) is 1. The lowest BCUT2D eigenvalue weighted by Crippen LogP contribution is -2.37. The summed E-state index contributed by atoms with van der Waals surface area (Å²) in [6.45, 7) is 1.98. The SMILES string of the molecule is CCSc1nnc(NC(=O)CSc2nc(-c3ccc([N+](=O)[O-])cc3)nc3c2c(=O)n(C)c(=O)n3C)s1. The van der Waals surface area contributed by atoms with Gasteiger partial charge in [0.15, 0.2) is 15.8 Å². The van der Waals surface area contributed by atoms with E-state index in [-0.39, 0.29) is 39.2 Å². The van der Waals surface area contributed by atoms with Gasteiger partial charge in [0, 0.05) is 31.8 Å². The first-order valence-electron chi connectivity index (χ1n) is 10.3. The van der Waals surface area contributed by atoms with Crippen LogP contribution in [-0.4, -0.2) is 51.6 Å². The number of carbonyl (C=O) groups is 1. The molecule has 4 aromatic rings. The van der Waals surface area contributed by atoms with E-state index in [1.807, 2.05) is 6.92 Å². The first-order chi connectivity index (χ1) is 17.2. The molecule has 0 bridgehead atoms. The molecule has 0 aliphatic rings. The Morgan fingerprint density at radius 2 is 1.83 bits per heavy atom. The normalized spacial score (nSPS) is 11.1. The Labute approximate surface area is 215 Å². The van der Waals surface area contributed by atoms with E-state index >= 15 is 0 Å². The molecule has 3 heterocycles. The highest BCUT2D eigenvalue weighted by atomic mass is 32.2. The van der Waals surface area contributed by atoms with Gasteiger partial charge in [-0.25, -0.2) is 14.8 Å². The molecule has 0 saturated carbocycles. The van der Waals surface area contributed by atoms with Gasteiger partial charge in [0.1, 0.15) is 10.4 Å². The number of aromatic nitrogens is 6. The number of thioether (sulfide) groups is 2. The van der Waals surface area contributed by atoms with Crippen molar-refractivity contribution in [3.8, 4) is 11.4 Å². The van der Waals surface area contributed by atoms with E-state index in [9.17, 15) is 24.5 Å². The number of rotatable bonds is 8. The van der Waals surface area contributed by atoms with Crippen molar-refractivity contribution >= 4 is 62.6 Å². The number of carbonyl (C=O) groups excluding carboxylic acids is 1. The van der Waals surface area contributed by atoms with E-state index in [1.54, 1.807) is 0 Å². The highest BCUT2D eigenvalue weighted by molar-refractivity contribution is 8.01. The molecule has 0 radical (unpaired) electrons. The van der Waals surface area contributed by atoms with Gasteiger partial charge >= 0.3 is 5.69 Å². The van der Waals surface area contributed by atoms with Crippen LogP contribution in [0.1, 0.15) is 6.92 Å². The van der Waals surface area contributed by atoms with Gasteiger partial charge < -0.3 is 0 Å². The molecule has 0 spiro atoms. The molecule has 0 aliphatic heterocycles. The smallest absolute Gasteiger partial charge is 0.300 e. The number of benzene rings is 1. The number of amides is 1. The molecule has 16 heteroatoms. The molecule has 0 unspecified atom stereocenters. The molecule has 3 aromatic heterocycles. The fraction of sp³-hybridized carbons (Fsp3) is 0.250. The number of non-ortho nitro benzene ring substituents is 1. The number of nitro benzene ring substituents is 1. The number of nitrogens with one attached hydrogen (secondary N) is 1. The number of nitrogens with zero attached hydrogens (tertiary/aromatic N) is 7. The van der Waals surface area contributed by atoms with Crippen molar-refractivity contribution in [2.45, 2.75) is 16.3 Å². The number of nitro groups is 1. The summed E-state index contributed by atoms with van der Waals surface area (Å²) in [5.41, 5.74) is -0.760. The number of fused-ring (bicyclic) bond motifs is 1. The molecule has 13 nitrogen and oxygen atoms in total. The van der Waals surface area contributed by atoms with Crippen molar-refractivity contribution in [2.75, 3.05) is 16.8 Å². The van der Waals surface area contributed by atoms with E-state index in [4.69, 9.17) is 0 Å². The van der Waals surface area contributed by atoms with E-state index in [2.05, 4.69) is 25.5 Å². The Morgan fingerprint density at radius 1 is 1.11 bits per heavy atom. The summed E-state index contributed by atoms with van der Waals surface area (Å²) < 4.78 is 2.89. The standard InChI is InChI=1S/C20H18N8O5S3/c1-4-34-19-25-24-18(36-19)21-12(29)9-35-16-13-15(26(2)20(31)27(3)17(13)30)22-14(23-16)10-5-7-11(8-6-10)28(32)33/h5-8H,4,9H2,1-3H3,(H,21,24,29). The average Bonchev–Trinajstić information content (AvgIpc) is 3.31. The first-order valence-corrected chi connectivity index (χ1v) is 13.1. The minimum absolute atomic E-state index is 0.0831. The van der Waals surface area contributed by atoms with E-state index in [0.717, 1.165) is 26.4 Å². The average molecular weight is 547 g/mol. The van der Waals surface area contributed by atoms with Crippen LogP contribution < -0.4 is 16.6 Å². The molecule has 1 amide bonds. The second-order valence-electron chi connectivity index (χ2n) is 7.20. The summed E-state index contributed by atoms with van der Waals surface area (Å²) in [6, 6.07) is 5.56. The largest absolute Gasteiger partial charge is 0.332 e. The summed E-state index contributed by atoms with van der Waals surface area (Å²) in [5.74, 6) is 0.491. The molecule has 0 atom stereocenters. The predicted octanol–water partition coefficient (Wildman–Crippen LogP) is 2.30. The zero-order chi connectivity index (χ0) is 26.0. The van der Waals surface area contributed by atoms with Crippen LogP contribution in [0.4, 0.5) is 10.8 Å².